The fraction of sp³-hybridized carbons (Fsp3) is 0.500. The van der Waals surface area contributed by atoms with E-state index >= 15 is 0 Å². The number of phenolic OH excluding ortho intramolecular Hbond substituents is 3. The molecule has 2 aliphatic heterocycles. The zero-order valence-electron chi connectivity index (χ0n) is 24.4. The van der Waals surface area contributed by atoms with Crippen LogP contribution in [0.4, 0.5) is 0 Å². The van der Waals surface area contributed by atoms with Gasteiger partial charge in [-0.1, -0.05) is 18.2 Å². The van der Waals surface area contributed by atoms with Gasteiger partial charge < -0.3 is 69.3 Å². The average Bonchev–Trinajstić information content (AvgIpc) is 3.02. The maximum absolute atomic E-state index is 12.8. The van der Waals surface area contributed by atoms with Crippen molar-refractivity contribution in [2.24, 2.45) is 0 Å². The molecule has 10 atom stereocenters. The van der Waals surface area contributed by atoms with E-state index in [4.69, 9.17) is 28.4 Å². The van der Waals surface area contributed by atoms with Crippen LogP contribution in [0.5, 0.6) is 23.0 Å². The van der Waals surface area contributed by atoms with E-state index < -0.39 is 79.7 Å². The first-order chi connectivity index (χ1) is 21.4. The van der Waals surface area contributed by atoms with E-state index in [0.29, 0.717) is 11.1 Å². The second-order valence-corrected chi connectivity index (χ2v) is 10.6. The lowest BCUT2D eigenvalue weighted by Gasteiger charge is -2.46. The first-order valence-corrected chi connectivity index (χ1v) is 14.1. The van der Waals surface area contributed by atoms with Gasteiger partial charge in [0.1, 0.15) is 36.6 Å². The molecule has 0 spiro atoms. The number of rotatable bonds is 11. The molecule has 15 heteroatoms. The van der Waals surface area contributed by atoms with Crippen molar-refractivity contribution in [1.29, 1.82) is 0 Å². The summed E-state index contributed by atoms with van der Waals surface area (Å²) in [6.45, 7) is 0.601. The number of ether oxygens (including phenoxy) is 6. The van der Waals surface area contributed by atoms with Crippen LogP contribution < -0.4 is 4.74 Å². The van der Waals surface area contributed by atoms with Crippen LogP contribution in [-0.2, 0) is 34.9 Å². The molecule has 0 bridgehead atoms. The highest BCUT2D eigenvalue weighted by atomic mass is 16.7. The van der Waals surface area contributed by atoms with Gasteiger partial charge in [0, 0.05) is 11.6 Å². The second-order valence-electron chi connectivity index (χ2n) is 10.6. The molecule has 0 aliphatic carbocycles. The van der Waals surface area contributed by atoms with Gasteiger partial charge in [0.15, 0.2) is 41.7 Å². The Morgan fingerprint density at radius 2 is 1.67 bits per heavy atom. The molecule has 2 saturated heterocycles. The summed E-state index contributed by atoms with van der Waals surface area (Å²) in [4.78, 5) is 12.8. The van der Waals surface area contributed by atoms with Crippen LogP contribution in [0.2, 0.25) is 0 Å². The van der Waals surface area contributed by atoms with Crippen LogP contribution >= 0.6 is 0 Å². The summed E-state index contributed by atoms with van der Waals surface area (Å²) in [5.41, 5.74) is 0.816. The largest absolute Gasteiger partial charge is 0.504 e. The number of hydrogen-bond donors (Lipinski definition) is 8. The maximum atomic E-state index is 12.8. The molecule has 0 amide bonds. The number of benzene rings is 2. The van der Waals surface area contributed by atoms with Crippen molar-refractivity contribution in [2.75, 3.05) is 20.3 Å². The van der Waals surface area contributed by atoms with E-state index in [1.165, 1.54) is 38.3 Å². The molecule has 248 valence electrons. The SMILES string of the molecule is COc1cccc(CCO[C@@H]2O[C@H](CO)[C@@H](OC(=O)/C=C/c3ccc(O)c(O)c3)[C@H](O[C@@H]3O[C@@H](C)[C@H](O)[C@@H](O)[C@H]3O)[C@H]2O)c1O. The lowest BCUT2D eigenvalue weighted by Crippen LogP contribution is -2.65. The third-order valence-corrected chi connectivity index (χ3v) is 7.51. The van der Waals surface area contributed by atoms with E-state index in [9.17, 15) is 45.6 Å². The minimum absolute atomic E-state index is 0.0928. The van der Waals surface area contributed by atoms with Gasteiger partial charge in [0.05, 0.1) is 26.4 Å². The van der Waals surface area contributed by atoms with Crippen molar-refractivity contribution in [3.63, 3.8) is 0 Å². The molecular weight excluding hydrogens is 600 g/mol. The van der Waals surface area contributed by atoms with E-state index in [-0.39, 0.29) is 30.3 Å². The summed E-state index contributed by atoms with van der Waals surface area (Å²) < 4.78 is 33.4. The smallest absolute Gasteiger partial charge is 0.331 e. The van der Waals surface area contributed by atoms with Gasteiger partial charge in [-0.05, 0) is 43.2 Å². The van der Waals surface area contributed by atoms with Crippen molar-refractivity contribution < 1.29 is 74.1 Å². The van der Waals surface area contributed by atoms with E-state index in [0.717, 1.165) is 6.08 Å². The normalized spacial score (nSPS) is 32.0. The van der Waals surface area contributed by atoms with Gasteiger partial charge in [0.25, 0.3) is 0 Å². The lowest BCUT2D eigenvalue weighted by atomic mass is 9.97. The summed E-state index contributed by atoms with van der Waals surface area (Å²) in [6, 6.07) is 8.73. The molecule has 45 heavy (non-hydrogen) atoms. The van der Waals surface area contributed by atoms with Crippen LogP contribution in [0.1, 0.15) is 18.1 Å². The van der Waals surface area contributed by atoms with Gasteiger partial charge >= 0.3 is 5.97 Å². The molecule has 2 heterocycles. The Morgan fingerprint density at radius 3 is 2.36 bits per heavy atom. The standard InChI is InChI=1S/C30H38O15/c1-14-22(35)24(37)25(38)30(42-14)45-28-26(39)29(41-11-10-16-4-3-5-19(40-2)23(16)36)43-20(13-31)27(28)44-21(34)9-7-15-6-8-17(32)18(33)12-15/h3-9,12,14,20,22,24-33,35-39H,10-11,13H2,1-2H3/b9-7+/t14-,20+,22-,24+,25+,26+,27+,28+,29+,30-/m0/s1. The van der Waals surface area contributed by atoms with Crippen molar-refractivity contribution in [1.82, 2.24) is 0 Å². The van der Waals surface area contributed by atoms with Gasteiger partial charge in [-0.25, -0.2) is 4.79 Å². The Balaban J connectivity index is 1.53. The molecule has 0 saturated carbocycles. The summed E-state index contributed by atoms with van der Waals surface area (Å²) in [5, 5.41) is 81.9. The average molecular weight is 639 g/mol. The summed E-state index contributed by atoms with van der Waals surface area (Å²) in [7, 11) is 1.40. The first-order valence-electron chi connectivity index (χ1n) is 14.1. The Hall–Kier alpha value is -3.51. The van der Waals surface area contributed by atoms with Gasteiger partial charge in [-0.15, -0.1) is 0 Å². The van der Waals surface area contributed by atoms with E-state index in [1.807, 2.05) is 0 Å². The predicted octanol–water partition coefficient (Wildman–Crippen LogP) is -0.713. The van der Waals surface area contributed by atoms with Crippen molar-refractivity contribution >= 4 is 12.0 Å². The van der Waals surface area contributed by atoms with Gasteiger partial charge in [-0.3, -0.25) is 0 Å². The van der Waals surface area contributed by atoms with Crippen molar-refractivity contribution in [3.8, 4) is 23.0 Å². The number of esters is 1. The number of phenols is 3. The predicted molar refractivity (Wildman–Crippen MR) is 152 cm³/mol. The number of methoxy groups -OCH3 is 1. The third kappa shape index (κ3) is 8.02. The van der Waals surface area contributed by atoms with Gasteiger partial charge in [-0.2, -0.15) is 0 Å². The third-order valence-electron chi connectivity index (χ3n) is 7.51. The molecule has 2 aromatic rings. The maximum Gasteiger partial charge on any atom is 0.331 e. The van der Waals surface area contributed by atoms with E-state index in [1.54, 1.807) is 18.2 Å². The quantitative estimate of drug-likeness (QED) is 0.0862. The molecule has 15 nitrogen and oxygen atoms in total. The molecular formula is C30H38O15. The summed E-state index contributed by atoms with van der Waals surface area (Å²) >= 11 is 0. The fourth-order valence-electron chi connectivity index (χ4n) is 4.96. The number of para-hydroxylation sites is 1. The number of carbonyl (C=O) groups excluding carboxylic acids is 1. The minimum atomic E-state index is -1.77. The fourth-order valence-corrected chi connectivity index (χ4v) is 4.96. The zero-order chi connectivity index (χ0) is 32.8. The Bertz CT molecular complexity index is 1320. The molecule has 8 N–H and O–H groups in total. The van der Waals surface area contributed by atoms with Crippen LogP contribution in [0.15, 0.2) is 42.5 Å². The highest BCUT2D eigenvalue weighted by Crippen LogP contribution is 2.33. The summed E-state index contributed by atoms with van der Waals surface area (Å²) in [6.07, 6.45) is -12.6. The highest BCUT2D eigenvalue weighted by molar-refractivity contribution is 5.87. The molecule has 2 aliphatic rings. The van der Waals surface area contributed by atoms with E-state index in [2.05, 4.69) is 0 Å². The topological polar surface area (TPSA) is 234 Å². The van der Waals surface area contributed by atoms with Crippen LogP contribution in [0.3, 0.4) is 0 Å². The monoisotopic (exact) mass is 638 g/mol. The lowest BCUT2D eigenvalue weighted by molar-refractivity contribution is -0.357. The Labute approximate surface area is 258 Å². The Morgan fingerprint density at radius 1 is 0.911 bits per heavy atom. The highest BCUT2D eigenvalue weighted by Gasteiger charge is 2.52. The number of aliphatic hydroxyl groups is 5. The molecule has 0 radical (unpaired) electrons. The molecule has 2 aromatic carbocycles. The van der Waals surface area contributed by atoms with Crippen molar-refractivity contribution in [3.05, 3.63) is 53.6 Å². The second kappa shape index (κ2) is 15.2. The van der Waals surface area contributed by atoms with Crippen molar-refractivity contribution in [2.45, 2.75) is 74.8 Å². The van der Waals surface area contributed by atoms with Crippen LogP contribution in [0, 0.1) is 0 Å². The van der Waals surface area contributed by atoms with Crippen LogP contribution in [-0.4, -0.2) is 129 Å². The van der Waals surface area contributed by atoms with Crippen LogP contribution in [0.25, 0.3) is 6.08 Å². The first kappa shape index (κ1) is 34.4. The molecule has 4 rings (SSSR count). The minimum Gasteiger partial charge on any atom is -0.504 e. The van der Waals surface area contributed by atoms with Gasteiger partial charge in [0.2, 0.25) is 0 Å². The number of aliphatic hydroxyl groups excluding tert-OH is 5. The molecule has 0 aromatic heterocycles. The Kier molecular flexibility index (Phi) is 11.6. The zero-order valence-corrected chi connectivity index (χ0v) is 24.4. The number of carbonyl (C=O) groups is 1. The summed E-state index contributed by atoms with van der Waals surface area (Å²) in [5.74, 6) is -1.58. The number of aromatic hydroxyl groups is 3. The molecule has 0 unspecified atom stereocenters. The number of hydrogen-bond acceptors (Lipinski definition) is 15. The molecule has 2 fully saturated rings.